The van der Waals surface area contributed by atoms with Gasteiger partial charge in [0.2, 0.25) is 6.79 Å². The van der Waals surface area contributed by atoms with Gasteiger partial charge in [0.1, 0.15) is 0 Å². The number of aryl methyl sites for hydroxylation is 1. The molecule has 5 heteroatoms. The molecule has 3 rings (SSSR count). The van der Waals surface area contributed by atoms with E-state index in [9.17, 15) is 4.79 Å². The summed E-state index contributed by atoms with van der Waals surface area (Å²) in [5.74, 6) is 1.45. The summed E-state index contributed by atoms with van der Waals surface area (Å²) >= 11 is 2.34. The highest BCUT2D eigenvalue weighted by atomic mass is 127. The van der Waals surface area contributed by atoms with Crippen LogP contribution >= 0.6 is 22.6 Å². The van der Waals surface area contributed by atoms with Crippen LogP contribution in [0.4, 0.5) is 0 Å². The van der Waals surface area contributed by atoms with Gasteiger partial charge in [0.25, 0.3) is 0 Å². The van der Waals surface area contributed by atoms with Gasteiger partial charge in [-0.05, 0) is 23.3 Å². The van der Waals surface area contributed by atoms with E-state index in [-0.39, 0.29) is 6.79 Å². The fourth-order valence-electron chi connectivity index (χ4n) is 2.24. The van der Waals surface area contributed by atoms with E-state index in [2.05, 4.69) is 27.6 Å². The van der Waals surface area contributed by atoms with Crippen LogP contribution in [0, 0.1) is 0 Å². The Hall–Kier alpha value is -1.24. The van der Waals surface area contributed by atoms with E-state index in [4.69, 9.17) is 9.47 Å². The van der Waals surface area contributed by atoms with Gasteiger partial charge < -0.3 is 14.5 Å². The van der Waals surface area contributed by atoms with Crippen molar-refractivity contribution >= 4 is 39.8 Å². The lowest BCUT2D eigenvalue weighted by Gasteiger charge is -1.96. The number of alkyl halides is 1. The number of carbonyl (C=O) groups is 1. The van der Waals surface area contributed by atoms with Crippen LogP contribution < -0.4 is 9.47 Å². The lowest BCUT2D eigenvalue weighted by Crippen LogP contribution is -1.93. The number of rotatable bonds is 4. The number of hydrogen-bond acceptors (Lipinski definition) is 3. The second-order valence-corrected chi connectivity index (χ2v) is 5.26. The Bertz CT molecular complexity index is 606. The topological polar surface area (TPSA) is 51.3 Å². The van der Waals surface area contributed by atoms with Gasteiger partial charge >= 0.3 is 0 Å². The maximum absolute atomic E-state index is 11.3. The third-order valence-corrected chi connectivity index (χ3v) is 3.85. The van der Waals surface area contributed by atoms with Gasteiger partial charge in [-0.3, -0.25) is 4.79 Å². The summed E-state index contributed by atoms with van der Waals surface area (Å²) in [5, 5.41) is 0.915. The number of carbonyl (C=O) groups excluding carboxylic acids is 1. The summed E-state index contributed by atoms with van der Waals surface area (Å²) in [6.45, 7) is 0.250. The van der Waals surface area contributed by atoms with Crippen molar-refractivity contribution in [3.63, 3.8) is 0 Å². The molecular formula is C13H12INO3. The van der Waals surface area contributed by atoms with Crippen LogP contribution in [-0.4, -0.2) is 22.5 Å². The number of aromatic nitrogens is 1. The zero-order valence-corrected chi connectivity index (χ0v) is 11.8. The first-order chi connectivity index (χ1) is 8.83. The SMILES string of the molecule is O=Cc1c(CCCI)[nH]c2cc3c(cc12)OCO3. The van der Waals surface area contributed by atoms with Crippen molar-refractivity contribution in [2.45, 2.75) is 12.8 Å². The van der Waals surface area contributed by atoms with Crippen LogP contribution in [-0.2, 0) is 6.42 Å². The van der Waals surface area contributed by atoms with E-state index >= 15 is 0 Å². The van der Waals surface area contributed by atoms with Gasteiger partial charge in [-0.1, -0.05) is 22.6 Å². The third-order valence-electron chi connectivity index (χ3n) is 3.09. The maximum atomic E-state index is 11.3. The number of fused-ring (bicyclic) bond motifs is 2. The second-order valence-electron chi connectivity index (χ2n) is 4.18. The fourth-order valence-corrected chi connectivity index (χ4v) is 2.62. The number of nitrogens with one attached hydrogen (secondary N) is 1. The summed E-state index contributed by atoms with van der Waals surface area (Å²) in [6, 6.07) is 3.78. The molecule has 1 N–H and O–H groups in total. The average Bonchev–Trinajstić information content (AvgIpc) is 2.95. The molecule has 0 spiro atoms. The van der Waals surface area contributed by atoms with Gasteiger partial charge in [0.15, 0.2) is 17.8 Å². The zero-order valence-electron chi connectivity index (χ0n) is 9.66. The molecular weight excluding hydrogens is 345 g/mol. The van der Waals surface area contributed by atoms with Crippen molar-refractivity contribution in [2.75, 3.05) is 11.2 Å². The summed E-state index contributed by atoms with van der Waals surface area (Å²) in [6.07, 6.45) is 2.86. The summed E-state index contributed by atoms with van der Waals surface area (Å²) in [7, 11) is 0. The van der Waals surface area contributed by atoms with Crippen LogP contribution in [0.25, 0.3) is 10.9 Å². The van der Waals surface area contributed by atoms with Gasteiger partial charge in [-0.2, -0.15) is 0 Å². The number of ether oxygens (including phenoxy) is 2. The van der Waals surface area contributed by atoms with E-state index < -0.39 is 0 Å². The number of H-pyrrole nitrogens is 1. The van der Waals surface area contributed by atoms with Crippen LogP contribution in [0.1, 0.15) is 22.5 Å². The molecule has 94 valence electrons. The Morgan fingerprint density at radius 2 is 2.11 bits per heavy atom. The molecule has 0 bridgehead atoms. The molecule has 0 saturated heterocycles. The molecule has 2 aromatic rings. The standard InChI is InChI=1S/C13H12INO3/c14-3-1-2-10-9(6-16)8-4-12-13(18-7-17-12)5-11(8)15-10/h4-6,15H,1-3,7H2. The van der Waals surface area contributed by atoms with E-state index in [0.29, 0.717) is 5.75 Å². The highest BCUT2D eigenvalue weighted by Crippen LogP contribution is 2.37. The van der Waals surface area contributed by atoms with Gasteiger partial charge in [0.05, 0.1) is 5.52 Å². The van der Waals surface area contributed by atoms with Crippen molar-refractivity contribution < 1.29 is 14.3 Å². The molecule has 18 heavy (non-hydrogen) atoms. The Morgan fingerprint density at radius 1 is 1.33 bits per heavy atom. The molecule has 0 radical (unpaired) electrons. The first-order valence-electron chi connectivity index (χ1n) is 5.79. The zero-order chi connectivity index (χ0) is 12.5. The summed E-state index contributed by atoms with van der Waals surface area (Å²) < 4.78 is 11.8. The van der Waals surface area contributed by atoms with Crippen molar-refractivity contribution in [3.05, 3.63) is 23.4 Å². The molecule has 0 unspecified atom stereocenters. The minimum Gasteiger partial charge on any atom is -0.454 e. The summed E-state index contributed by atoms with van der Waals surface area (Å²) in [5.41, 5.74) is 2.68. The van der Waals surface area contributed by atoms with Crippen molar-refractivity contribution in [1.82, 2.24) is 4.98 Å². The van der Waals surface area contributed by atoms with Crippen molar-refractivity contribution in [1.29, 1.82) is 0 Å². The molecule has 1 aromatic heterocycles. The van der Waals surface area contributed by atoms with Crippen molar-refractivity contribution in [2.24, 2.45) is 0 Å². The van der Waals surface area contributed by atoms with Crippen LogP contribution in [0.2, 0.25) is 0 Å². The fraction of sp³-hybridized carbons (Fsp3) is 0.308. The van der Waals surface area contributed by atoms with Crippen LogP contribution in [0.5, 0.6) is 11.5 Å². The minimum atomic E-state index is 0.250. The number of aldehydes is 1. The van der Waals surface area contributed by atoms with Crippen LogP contribution in [0.15, 0.2) is 12.1 Å². The highest BCUT2D eigenvalue weighted by Gasteiger charge is 2.18. The van der Waals surface area contributed by atoms with E-state index in [0.717, 1.165) is 51.5 Å². The lowest BCUT2D eigenvalue weighted by molar-refractivity contribution is 0.112. The molecule has 0 amide bonds. The van der Waals surface area contributed by atoms with Crippen LogP contribution in [0.3, 0.4) is 0 Å². The second kappa shape index (κ2) is 4.79. The number of aromatic amines is 1. The molecule has 1 aliphatic rings. The predicted molar refractivity (Wildman–Crippen MR) is 77.0 cm³/mol. The largest absolute Gasteiger partial charge is 0.454 e. The minimum absolute atomic E-state index is 0.250. The van der Waals surface area contributed by atoms with Gasteiger partial charge in [0, 0.05) is 22.7 Å². The van der Waals surface area contributed by atoms with Gasteiger partial charge in [-0.25, -0.2) is 0 Å². The quantitative estimate of drug-likeness (QED) is 0.520. The molecule has 4 nitrogen and oxygen atoms in total. The monoisotopic (exact) mass is 357 g/mol. The van der Waals surface area contributed by atoms with E-state index in [1.54, 1.807) is 0 Å². The number of halogens is 1. The molecule has 0 saturated carbocycles. The summed E-state index contributed by atoms with van der Waals surface area (Å²) in [4.78, 5) is 14.6. The molecule has 1 aromatic carbocycles. The first-order valence-corrected chi connectivity index (χ1v) is 7.31. The molecule has 1 aliphatic heterocycles. The highest BCUT2D eigenvalue weighted by molar-refractivity contribution is 14.1. The van der Waals surface area contributed by atoms with E-state index in [1.165, 1.54) is 0 Å². The smallest absolute Gasteiger partial charge is 0.231 e. The van der Waals surface area contributed by atoms with E-state index in [1.807, 2.05) is 12.1 Å². The Kier molecular flexibility index (Phi) is 3.15. The first kappa shape index (κ1) is 11.8. The normalized spacial score (nSPS) is 13.2. The Labute approximate surface area is 118 Å². The number of benzene rings is 1. The van der Waals surface area contributed by atoms with Crippen molar-refractivity contribution in [3.8, 4) is 11.5 Å². The average molecular weight is 357 g/mol. The molecule has 2 heterocycles. The third kappa shape index (κ3) is 1.86. The lowest BCUT2D eigenvalue weighted by atomic mass is 10.1. The number of hydrogen-bond donors (Lipinski definition) is 1. The Balaban J connectivity index is 2.13. The molecule has 0 aliphatic carbocycles. The molecule has 0 atom stereocenters. The predicted octanol–water partition coefficient (Wildman–Crippen LogP) is 3.08. The Morgan fingerprint density at radius 3 is 2.83 bits per heavy atom. The maximum Gasteiger partial charge on any atom is 0.231 e. The van der Waals surface area contributed by atoms with Gasteiger partial charge in [-0.15, -0.1) is 0 Å². The molecule has 0 fully saturated rings.